The molecule has 3 nitrogen and oxygen atoms in total. The molecule has 1 aromatic heterocycles. The van der Waals surface area contributed by atoms with Gasteiger partial charge in [-0.15, -0.1) is 0 Å². The molecule has 0 amide bonds. The molecule has 3 rings (SSSR count). The maximum absolute atomic E-state index is 6.56. The molecule has 23 heavy (non-hydrogen) atoms. The first-order valence-corrected chi connectivity index (χ1v) is 9.25. The molecule has 1 aliphatic carbocycles. The molecule has 0 unspecified atom stereocenters. The number of nitrogens with zero attached hydrogens (tertiary/aromatic N) is 1. The Balaban J connectivity index is 1.75. The Labute approximate surface area is 143 Å². The number of halogens is 1. The second-order valence-corrected chi connectivity index (χ2v) is 6.81. The number of nitrogens with one attached hydrogen (secondary N) is 2. The van der Waals surface area contributed by atoms with Gasteiger partial charge in [0.15, 0.2) is 0 Å². The summed E-state index contributed by atoms with van der Waals surface area (Å²) in [5, 5.41) is 4.39. The van der Waals surface area contributed by atoms with Crippen LogP contribution >= 0.6 is 11.6 Å². The van der Waals surface area contributed by atoms with Crippen LogP contribution in [-0.2, 0) is 0 Å². The zero-order chi connectivity index (χ0) is 16.1. The molecule has 1 aromatic rings. The minimum atomic E-state index is 0.574. The van der Waals surface area contributed by atoms with Gasteiger partial charge in [0.25, 0.3) is 0 Å². The Morgan fingerprint density at radius 1 is 1.26 bits per heavy atom. The van der Waals surface area contributed by atoms with Crippen molar-refractivity contribution in [2.75, 3.05) is 0 Å². The fraction of sp³-hybridized carbons (Fsp3) is 0.526. The molecular weight excluding hydrogens is 306 g/mol. The SMILES string of the molecule is CCC1=C(Cl)C(c2ccc[nH]2)=NC1=CNC1CCCCCCC1. The first-order valence-electron chi connectivity index (χ1n) is 8.87. The minimum Gasteiger partial charge on any atom is -0.386 e. The first kappa shape index (κ1) is 16.4. The van der Waals surface area contributed by atoms with Crippen LogP contribution in [0, 0.1) is 0 Å². The van der Waals surface area contributed by atoms with Gasteiger partial charge < -0.3 is 10.3 Å². The number of aliphatic imine (C=N–C) groups is 1. The van der Waals surface area contributed by atoms with Gasteiger partial charge in [0.2, 0.25) is 0 Å². The van der Waals surface area contributed by atoms with E-state index in [1.165, 1.54) is 44.9 Å². The van der Waals surface area contributed by atoms with Crippen molar-refractivity contribution < 1.29 is 0 Å². The van der Waals surface area contributed by atoms with E-state index < -0.39 is 0 Å². The quantitative estimate of drug-likeness (QED) is 0.775. The molecule has 2 N–H and O–H groups in total. The third-order valence-corrected chi connectivity index (χ3v) is 5.19. The Kier molecular flexibility index (Phi) is 5.60. The first-order chi connectivity index (χ1) is 11.3. The molecule has 1 aliphatic heterocycles. The summed E-state index contributed by atoms with van der Waals surface area (Å²) in [6.45, 7) is 2.13. The number of H-pyrrole nitrogens is 1. The Morgan fingerprint density at radius 2 is 2.00 bits per heavy atom. The lowest BCUT2D eigenvalue weighted by molar-refractivity contribution is 0.419. The molecule has 4 heteroatoms. The predicted molar refractivity (Wildman–Crippen MR) is 97.8 cm³/mol. The zero-order valence-electron chi connectivity index (χ0n) is 13.9. The lowest BCUT2D eigenvalue weighted by Gasteiger charge is -2.20. The highest BCUT2D eigenvalue weighted by molar-refractivity contribution is 6.47. The molecule has 0 spiro atoms. The molecule has 2 heterocycles. The van der Waals surface area contributed by atoms with Crippen LogP contribution in [0.15, 0.2) is 45.8 Å². The summed E-state index contributed by atoms with van der Waals surface area (Å²) in [6, 6.07) is 4.56. The molecule has 1 saturated carbocycles. The summed E-state index contributed by atoms with van der Waals surface area (Å²) < 4.78 is 0. The number of allylic oxidation sites excluding steroid dienone is 2. The van der Waals surface area contributed by atoms with Crippen molar-refractivity contribution in [2.24, 2.45) is 4.99 Å². The van der Waals surface area contributed by atoms with E-state index >= 15 is 0 Å². The third-order valence-electron chi connectivity index (χ3n) is 4.78. The van der Waals surface area contributed by atoms with E-state index in [2.05, 4.69) is 23.4 Å². The van der Waals surface area contributed by atoms with E-state index in [-0.39, 0.29) is 0 Å². The molecule has 0 atom stereocenters. The number of rotatable bonds is 4. The maximum Gasteiger partial charge on any atom is 0.106 e. The number of aromatic amines is 1. The van der Waals surface area contributed by atoms with Crippen LogP contribution in [0.3, 0.4) is 0 Å². The number of hydrogen-bond acceptors (Lipinski definition) is 2. The van der Waals surface area contributed by atoms with Crippen molar-refractivity contribution in [1.29, 1.82) is 0 Å². The predicted octanol–water partition coefficient (Wildman–Crippen LogP) is 5.26. The van der Waals surface area contributed by atoms with Crippen LogP contribution in [0.4, 0.5) is 0 Å². The fourth-order valence-corrected chi connectivity index (χ4v) is 3.80. The highest BCUT2D eigenvalue weighted by Gasteiger charge is 2.23. The van der Waals surface area contributed by atoms with Crippen molar-refractivity contribution in [2.45, 2.75) is 64.3 Å². The summed E-state index contributed by atoms with van der Waals surface area (Å²) in [7, 11) is 0. The second kappa shape index (κ2) is 7.87. The van der Waals surface area contributed by atoms with Crippen LogP contribution in [0.2, 0.25) is 0 Å². The molecule has 0 bridgehead atoms. The maximum atomic E-state index is 6.56. The molecule has 1 fully saturated rings. The minimum absolute atomic E-state index is 0.574. The highest BCUT2D eigenvalue weighted by atomic mass is 35.5. The van der Waals surface area contributed by atoms with Gasteiger partial charge in [0.1, 0.15) is 5.71 Å². The largest absolute Gasteiger partial charge is 0.386 e. The molecule has 0 aromatic carbocycles. The molecule has 0 saturated heterocycles. The Hall–Kier alpha value is -1.48. The lowest BCUT2D eigenvalue weighted by Crippen LogP contribution is -2.25. The summed E-state index contributed by atoms with van der Waals surface area (Å²) in [5.74, 6) is 0. The highest BCUT2D eigenvalue weighted by Crippen LogP contribution is 2.32. The Bertz CT molecular complexity index is 603. The van der Waals surface area contributed by atoms with E-state index in [1.54, 1.807) is 0 Å². The van der Waals surface area contributed by atoms with Crippen LogP contribution in [0.25, 0.3) is 0 Å². The summed E-state index contributed by atoms with van der Waals surface area (Å²) in [6.07, 6.45) is 14.2. The van der Waals surface area contributed by atoms with Crippen LogP contribution in [0.5, 0.6) is 0 Å². The van der Waals surface area contributed by atoms with Crippen LogP contribution in [-0.4, -0.2) is 16.7 Å². The van der Waals surface area contributed by atoms with Gasteiger partial charge in [-0.1, -0.05) is 50.6 Å². The normalized spacial score (nSPS) is 22.2. The van der Waals surface area contributed by atoms with E-state index in [0.717, 1.165) is 34.1 Å². The number of aromatic nitrogens is 1. The van der Waals surface area contributed by atoms with E-state index in [4.69, 9.17) is 16.6 Å². The van der Waals surface area contributed by atoms with Gasteiger partial charge in [-0.25, -0.2) is 4.99 Å². The van der Waals surface area contributed by atoms with Crippen LogP contribution < -0.4 is 5.32 Å². The molecule has 124 valence electrons. The van der Waals surface area contributed by atoms with Gasteiger partial charge in [-0.05, 0) is 37.0 Å². The monoisotopic (exact) mass is 331 g/mol. The van der Waals surface area contributed by atoms with Crippen molar-refractivity contribution >= 4 is 17.3 Å². The van der Waals surface area contributed by atoms with Crippen LogP contribution in [0.1, 0.15) is 64.0 Å². The van der Waals surface area contributed by atoms with Crippen molar-refractivity contribution in [3.8, 4) is 0 Å². The zero-order valence-corrected chi connectivity index (χ0v) is 14.6. The van der Waals surface area contributed by atoms with Crippen molar-refractivity contribution in [1.82, 2.24) is 10.3 Å². The van der Waals surface area contributed by atoms with Gasteiger partial charge in [-0.2, -0.15) is 0 Å². The Morgan fingerprint density at radius 3 is 2.65 bits per heavy atom. The van der Waals surface area contributed by atoms with Gasteiger partial charge in [-0.3, -0.25) is 0 Å². The van der Waals surface area contributed by atoms with Crippen molar-refractivity contribution in [3.05, 3.63) is 46.5 Å². The standard InChI is InChI=1S/C19H26ClN3/c1-2-15-17(13-22-14-9-6-4-3-5-7-10-14)23-19(18(15)20)16-11-8-12-21-16/h8,11-14,21-22H,2-7,9-10H2,1H3. The summed E-state index contributed by atoms with van der Waals surface area (Å²) >= 11 is 6.56. The van der Waals surface area contributed by atoms with E-state index in [1.807, 2.05) is 18.3 Å². The van der Waals surface area contributed by atoms with Crippen molar-refractivity contribution in [3.63, 3.8) is 0 Å². The third kappa shape index (κ3) is 3.89. The molecule has 2 aliphatic rings. The van der Waals surface area contributed by atoms with Gasteiger partial charge in [0, 0.05) is 18.4 Å². The average molecular weight is 332 g/mol. The molecular formula is C19H26ClN3. The topological polar surface area (TPSA) is 40.2 Å². The van der Waals surface area contributed by atoms with Gasteiger partial charge >= 0.3 is 0 Å². The second-order valence-electron chi connectivity index (χ2n) is 6.43. The van der Waals surface area contributed by atoms with Gasteiger partial charge in [0.05, 0.1) is 16.4 Å². The average Bonchev–Trinajstić information content (AvgIpc) is 3.14. The summed E-state index contributed by atoms with van der Waals surface area (Å²) in [4.78, 5) is 7.97. The summed E-state index contributed by atoms with van der Waals surface area (Å²) in [5.41, 5.74) is 3.97. The number of hydrogen-bond donors (Lipinski definition) is 2. The smallest absolute Gasteiger partial charge is 0.106 e. The molecule has 0 radical (unpaired) electrons. The van der Waals surface area contributed by atoms with E-state index in [0.29, 0.717) is 6.04 Å². The van der Waals surface area contributed by atoms with E-state index in [9.17, 15) is 0 Å². The fourth-order valence-electron chi connectivity index (χ4n) is 3.42. The lowest BCUT2D eigenvalue weighted by atomic mass is 9.97.